The van der Waals surface area contributed by atoms with Crippen LogP contribution in [-0.2, 0) is 4.79 Å². The quantitative estimate of drug-likeness (QED) is 0.769. The number of hydrogen-bond donors (Lipinski definition) is 0. The smallest absolute Gasteiger partial charge is 0.214 e. The Balaban J connectivity index is 2.06. The van der Waals surface area contributed by atoms with E-state index in [9.17, 15) is 9.18 Å². The molecule has 98 valence electrons. The second-order valence-electron chi connectivity index (χ2n) is 4.49. The van der Waals surface area contributed by atoms with Crippen molar-refractivity contribution in [2.75, 3.05) is 0 Å². The molecule has 1 aromatic rings. The van der Waals surface area contributed by atoms with Crippen molar-refractivity contribution >= 4 is 17.2 Å². The van der Waals surface area contributed by atoms with Crippen molar-refractivity contribution in [3.8, 4) is 0 Å². The van der Waals surface area contributed by atoms with Crippen LogP contribution in [0.3, 0.4) is 0 Å². The number of hydrogen-bond acceptors (Lipinski definition) is 3. The number of benzene rings is 1. The predicted molar refractivity (Wildman–Crippen MR) is 76.5 cm³/mol. The van der Waals surface area contributed by atoms with E-state index < -0.39 is 11.6 Å². The van der Waals surface area contributed by atoms with Gasteiger partial charge in [-0.2, -0.15) is 0 Å². The van der Waals surface area contributed by atoms with Crippen LogP contribution < -0.4 is 0 Å². The van der Waals surface area contributed by atoms with Crippen molar-refractivity contribution in [3.63, 3.8) is 0 Å². The van der Waals surface area contributed by atoms with Gasteiger partial charge in [0.15, 0.2) is 11.6 Å². The first kappa shape index (κ1) is 12.4. The van der Waals surface area contributed by atoms with Crippen LogP contribution in [0.5, 0.6) is 0 Å². The fourth-order valence-corrected chi connectivity index (χ4v) is 2.06. The molecule has 0 saturated heterocycles. The van der Waals surface area contributed by atoms with E-state index >= 15 is 0 Å². The van der Waals surface area contributed by atoms with Gasteiger partial charge in [-0.25, -0.2) is 14.4 Å². The number of carbonyl (C=O) groups is 1. The van der Waals surface area contributed by atoms with E-state index in [0.717, 1.165) is 17.0 Å². The molecule has 0 amide bonds. The van der Waals surface area contributed by atoms with Crippen LogP contribution in [0.2, 0.25) is 0 Å². The zero-order valence-corrected chi connectivity index (χ0v) is 10.8. The van der Waals surface area contributed by atoms with Gasteiger partial charge in [0, 0.05) is 11.1 Å². The molecule has 4 heteroatoms. The highest BCUT2D eigenvalue weighted by Crippen LogP contribution is 2.23. The molecule has 0 bridgehead atoms. The molecule has 1 aliphatic heterocycles. The minimum Gasteiger partial charge on any atom is -0.287 e. The molecule has 3 rings (SSSR count). The van der Waals surface area contributed by atoms with E-state index in [2.05, 4.69) is 9.98 Å². The minimum absolute atomic E-state index is 0.431. The molecule has 0 radical (unpaired) electrons. The molecule has 1 heterocycles. The average molecular weight is 266 g/mol. The summed E-state index contributed by atoms with van der Waals surface area (Å²) in [5.41, 5.74) is 3.02. The first-order valence-electron chi connectivity index (χ1n) is 6.19. The van der Waals surface area contributed by atoms with Gasteiger partial charge in [0.1, 0.15) is 0 Å². The molecule has 1 aliphatic carbocycles. The van der Waals surface area contributed by atoms with Crippen LogP contribution in [0.15, 0.2) is 75.8 Å². The normalized spacial score (nSPS) is 21.7. The summed E-state index contributed by atoms with van der Waals surface area (Å²) < 4.78 is 13.3. The lowest BCUT2D eigenvalue weighted by Crippen LogP contribution is -2.07. The lowest BCUT2D eigenvalue weighted by atomic mass is 10.1. The minimum atomic E-state index is -0.786. The largest absolute Gasteiger partial charge is 0.287 e. The van der Waals surface area contributed by atoms with Gasteiger partial charge in [0.2, 0.25) is 5.78 Å². The van der Waals surface area contributed by atoms with Gasteiger partial charge in [-0.3, -0.25) is 4.79 Å². The molecule has 0 fully saturated rings. The van der Waals surface area contributed by atoms with Crippen LogP contribution >= 0.6 is 0 Å². The highest BCUT2D eigenvalue weighted by Gasteiger charge is 2.19. The highest BCUT2D eigenvalue weighted by atomic mass is 19.1. The number of ketones is 1. The Labute approximate surface area is 115 Å². The van der Waals surface area contributed by atoms with E-state index in [1.165, 1.54) is 18.2 Å². The summed E-state index contributed by atoms with van der Waals surface area (Å²) in [6, 6.07) is 9.67. The van der Waals surface area contributed by atoms with E-state index in [1.807, 2.05) is 37.3 Å². The third-order valence-electron chi connectivity index (χ3n) is 3.07. The van der Waals surface area contributed by atoms with Crippen molar-refractivity contribution in [2.45, 2.75) is 6.92 Å². The van der Waals surface area contributed by atoms with Crippen molar-refractivity contribution in [1.82, 2.24) is 0 Å². The molecule has 0 unspecified atom stereocenters. The zero-order valence-electron chi connectivity index (χ0n) is 10.8. The number of allylic oxidation sites excluding steroid dienone is 5. The standard InChI is InChI=1S/C16H11FN2O/c1-10-15(11-5-3-2-4-6-11)19-16(18-10)12-7-8-14(20)13(17)9-12/h2-9H,1H3/b16-12+. The second kappa shape index (κ2) is 4.81. The van der Waals surface area contributed by atoms with Gasteiger partial charge in [0.25, 0.3) is 0 Å². The molecule has 0 N–H and O–H groups in total. The Hall–Kier alpha value is -2.62. The first-order chi connectivity index (χ1) is 9.65. The number of rotatable bonds is 1. The average Bonchev–Trinajstić information content (AvgIpc) is 2.85. The van der Waals surface area contributed by atoms with Crippen LogP contribution in [-0.4, -0.2) is 17.2 Å². The Morgan fingerprint density at radius 1 is 1.05 bits per heavy atom. The number of nitrogens with zero attached hydrogens (tertiary/aromatic N) is 2. The highest BCUT2D eigenvalue weighted by molar-refractivity contribution is 6.49. The molecule has 0 atom stereocenters. The molecule has 1 aromatic carbocycles. The van der Waals surface area contributed by atoms with Crippen LogP contribution in [0.4, 0.5) is 4.39 Å². The Morgan fingerprint density at radius 2 is 1.80 bits per heavy atom. The summed E-state index contributed by atoms with van der Waals surface area (Å²) in [5, 5.41) is 0. The van der Waals surface area contributed by atoms with E-state index in [-0.39, 0.29) is 0 Å². The third kappa shape index (κ3) is 2.16. The summed E-state index contributed by atoms with van der Waals surface area (Å²) in [6.45, 7) is 1.86. The van der Waals surface area contributed by atoms with Crippen LogP contribution in [0.1, 0.15) is 12.5 Å². The second-order valence-corrected chi connectivity index (χ2v) is 4.49. The fourth-order valence-electron chi connectivity index (χ4n) is 2.06. The van der Waals surface area contributed by atoms with Crippen molar-refractivity contribution in [1.29, 1.82) is 0 Å². The summed E-state index contributed by atoms with van der Waals surface area (Å²) in [6.07, 6.45) is 3.90. The zero-order chi connectivity index (χ0) is 14.1. The first-order valence-corrected chi connectivity index (χ1v) is 6.19. The monoisotopic (exact) mass is 266 g/mol. The lowest BCUT2D eigenvalue weighted by molar-refractivity contribution is -0.112. The van der Waals surface area contributed by atoms with Crippen molar-refractivity contribution in [3.05, 3.63) is 71.3 Å². The fraction of sp³-hybridized carbons (Fsp3) is 0.0625. The molecule has 3 nitrogen and oxygen atoms in total. The molecule has 0 saturated carbocycles. The Kier molecular flexibility index (Phi) is 2.99. The molecular weight excluding hydrogens is 255 g/mol. The van der Waals surface area contributed by atoms with Gasteiger partial charge in [-0.05, 0) is 25.2 Å². The van der Waals surface area contributed by atoms with Crippen molar-refractivity contribution in [2.24, 2.45) is 9.98 Å². The summed E-state index contributed by atoms with van der Waals surface area (Å²) in [7, 11) is 0. The van der Waals surface area contributed by atoms with Gasteiger partial charge in [-0.15, -0.1) is 0 Å². The Bertz CT molecular complexity index is 737. The number of halogens is 1. The Morgan fingerprint density at radius 3 is 2.50 bits per heavy atom. The van der Waals surface area contributed by atoms with E-state index in [0.29, 0.717) is 11.4 Å². The van der Waals surface area contributed by atoms with Gasteiger partial charge < -0.3 is 0 Å². The maximum absolute atomic E-state index is 13.3. The topological polar surface area (TPSA) is 41.8 Å². The van der Waals surface area contributed by atoms with Gasteiger partial charge >= 0.3 is 0 Å². The summed E-state index contributed by atoms with van der Waals surface area (Å²) in [4.78, 5) is 19.9. The van der Waals surface area contributed by atoms with Gasteiger partial charge in [-0.1, -0.05) is 30.3 Å². The van der Waals surface area contributed by atoms with Gasteiger partial charge in [0.05, 0.1) is 11.4 Å². The maximum atomic E-state index is 13.3. The summed E-state index contributed by atoms with van der Waals surface area (Å²) in [5.74, 6) is -0.980. The third-order valence-corrected chi connectivity index (χ3v) is 3.07. The molecular formula is C16H11FN2O. The molecule has 2 aliphatic rings. The number of aliphatic imine (C=N–C) groups is 2. The van der Waals surface area contributed by atoms with E-state index in [1.54, 1.807) is 0 Å². The van der Waals surface area contributed by atoms with Crippen LogP contribution in [0, 0.1) is 0 Å². The van der Waals surface area contributed by atoms with Crippen molar-refractivity contribution < 1.29 is 9.18 Å². The SMILES string of the molecule is CC1=N/C(=C2/C=CC(=O)C(F)=C2)N=C1c1ccccc1. The molecule has 0 spiro atoms. The van der Waals surface area contributed by atoms with E-state index in [4.69, 9.17) is 0 Å². The summed E-state index contributed by atoms with van der Waals surface area (Å²) >= 11 is 0. The van der Waals surface area contributed by atoms with Crippen LogP contribution in [0.25, 0.3) is 0 Å². The maximum Gasteiger partial charge on any atom is 0.214 e. The lowest BCUT2D eigenvalue weighted by Gasteiger charge is -2.02. The predicted octanol–water partition coefficient (Wildman–Crippen LogP) is 3.15. The number of carbonyl (C=O) groups excluding carboxylic acids is 1. The molecule has 20 heavy (non-hydrogen) atoms. The molecule has 0 aromatic heterocycles.